The molecule has 0 aliphatic carbocycles. The second kappa shape index (κ2) is 15.2. The van der Waals surface area contributed by atoms with Gasteiger partial charge < -0.3 is 19.9 Å². The number of hydrogen-bond donors (Lipinski definition) is 3. The van der Waals surface area contributed by atoms with Crippen molar-refractivity contribution >= 4 is 46.9 Å². The quantitative estimate of drug-likeness (QED) is 0.203. The second-order valence-electron chi connectivity index (χ2n) is 14.7. The summed E-state index contributed by atoms with van der Waals surface area (Å²) in [5, 5.41) is 12.4. The van der Waals surface area contributed by atoms with Crippen molar-refractivity contribution in [3.8, 4) is 0 Å². The Morgan fingerprint density at radius 3 is 2.38 bits per heavy atom. The summed E-state index contributed by atoms with van der Waals surface area (Å²) in [6.07, 6.45) is 1.29. The molecule has 8 rings (SSSR count). The van der Waals surface area contributed by atoms with Gasteiger partial charge >= 0.3 is 0 Å². The van der Waals surface area contributed by atoms with E-state index in [9.17, 15) is 28.8 Å². The first-order chi connectivity index (χ1) is 27.1. The third kappa shape index (κ3) is 6.95. The van der Waals surface area contributed by atoms with Crippen LogP contribution < -0.4 is 15.5 Å². The Morgan fingerprint density at radius 1 is 0.929 bits per heavy atom. The molecule has 5 heterocycles. The van der Waals surface area contributed by atoms with E-state index in [0.29, 0.717) is 37.1 Å². The van der Waals surface area contributed by atoms with Crippen LogP contribution in [0.2, 0.25) is 0 Å². The highest BCUT2D eigenvalue weighted by molar-refractivity contribution is 6.23. The Hall–Kier alpha value is -6.19. The lowest BCUT2D eigenvalue weighted by Gasteiger charge is -2.38. The maximum Gasteiger partial charge on any atom is 0.262 e. The minimum atomic E-state index is -0.991. The van der Waals surface area contributed by atoms with Gasteiger partial charge in [0.05, 0.1) is 29.9 Å². The summed E-state index contributed by atoms with van der Waals surface area (Å²) in [5.74, 6) is -2.11. The number of rotatable bonds is 10. The van der Waals surface area contributed by atoms with Gasteiger partial charge in [0.15, 0.2) is 11.9 Å². The molecule has 0 saturated carbocycles. The number of fused-ring (bicyclic) bond motifs is 2. The Bertz CT molecular complexity index is 2210. The maximum atomic E-state index is 13.3. The zero-order valence-electron chi connectivity index (χ0n) is 31.1. The molecule has 3 N–H and O–H groups in total. The molecule has 1 aromatic heterocycles. The summed E-state index contributed by atoms with van der Waals surface area (Å²) in [5.41, 5.74) is 5.28. The monoisotopic (exact) mass is 758 g/mol. The number of nitrogens with one attached hydrogen (secondary N) is 3. The largest absolute Gasteiger partial charge is 0.371 e. The fraction of sp³-hybridized carbons (Fsp3) is 0.341. The van der Waals surface area contributed by atoms with E-state index in [1.807, 2.05) is 48.5 Å². The minimum Gasteiger partial charge on any atom is -0.371 e. The van der Waals surface area contributed by atoms with Crippen LogP contribution >= 0.6 is 0 Å². The highest BCUT2D eigenvalue weighted by atomic mass is 16.5. The number of imide groups is 2. The molecule has 288 valence electrons. The number of carbonyl (C=O) groups is 6. The number of hydrogen-bond acceptors (Lipinski definition) is 10. The third-order valence-electron chi connectivity index (χ3n) is 11.3. The lowest BCUT2D eigenvalue weighted by molar-refractivity contribution is -0.143. The maximum absolute atomic E-state index is 13.3. The fourth-order valence-electron chi connectivity index (χ4n) is 8.17. The van der Waals surface area contributed by atoms with Gasteiger partial charge in [0.25, 0.3) is 23.6 Å². The topological polar surface area (TPSA) is 177 Å². The summed E-state index contributed by atoms with van der Waals surface area (Å²) in [4.78, 5) is 84.3. The first-order valence-electron chi connectivity index (χ1n) is 18.7. The third-order valence-corrected chi connectivity index (χ3v) is 11.3. The summed E-state index contributed by atoms with van der Waals surface area (Å²) in [6.45, 7) is 2.87. The van der Waals surface area contributed by atoms with E-state index >= 15 is 0 Å². The number of aromatic amines is 1. The number of amides is 6. The van der Waals surface area contributed by atoms with E-state index in [1.165, 1.54) is 7.11 Å². The van der Waals surface area contributed by atoms with Gasteiger partial charge in [-0.25, -0.2) is 0 Å². The molecule has 2 saturated heterocycles. The molecule has 0 radical (unpaired) electrons. The van der Waals surface area contributed by atoms with Crippen molar-refractivity contribution in [3.05, 3.63) is 112 Å². The van der Waals surface area contributed by atoms with Crippen molar-refractivity contribution in [2.75, 3.05) is 37.5 Å². The SMILES string of the molecule is COC(C(=O)N1Cc2[nH]nc(NC(=O)c3ccc(N4CCC(N(C)Cc5ccc6c(c5)C(=O)N(C5CCC(=O)NC5=O)C6=O)CC4)cc3)c2C1)c1ccccc1. The Labute approximate surface area is 322 Å². The highest BCUT2D eigenvalue weighted by Crippen LogP contribution is 2.32. The van der Waals surface area contributed by atoms with Gasteiger partial charge in [0.1, 0.15) is 6.04 Å². The molecule has 4 aromatic rings. The van der Waals surface area contributed by atoms with E-state index in [-0.39, 0.29) is 35.8 Å². The molecule has 3 aromatic carbocycles. The first kappa shape index (κ1) is 36.8. The molecule has 4 aliphatic heterocycles. The number of aromatic nitrogens is 2. The van der Waals surface area contributed by atoms with E-state index in [0.717, 1.165) is 58.9 Å². The van der Waals surface area contributed by atoms with Gasteiger partial charge in [-0.3, -0.25) is 49.0 Å². The Balaban J connectivity index is 0.829. The lowest BCUT2D eigenvalue weighted by atomic mass is 10.0. The number of benzene rings is 3. The minimum absolute atomic E-state index is 0.0767. The Kier molecular flexibility index (Phi) is 9.95. The van der Waals surface area contributed by atoms with E-state index in [2.05, 4.69) is 37.7 Å². The van der Waals surface area contributed by atoms with Crippen LogP contribution in [-0.4, -0.2) is 99.7 Å². The normalized spacial score (nSPS) is 19.0. The van der Waals surface area contributed by atoms with Crippen LogP contribution in [0.3, 0.4) is 0 Å². The molecule has 2 unspecified atom stereocenters. The molecule has 4 aliphatic rings. The van der Waals surface area contributed by atoms with E-state index in [1.54, 1.807) is 29.2 Å². The van der Waals surface area contributed by atoms with E-state index < -0.39 is 35.8 Å². The molecule has 56 heavy (non-hydrogen) atoms. The smallest absolute Gasteiger partial charge is 0.262 e. The molecule has 2 fully saturated rings. The van der Waals surface area contributed by atoms with Crippen LogP contribution in [0.5, 0.6) is 0 Å². The zero-order valence-corrected chi connectivity index (χ0v) is 31.1. The van der Waals surface area contributed by atoms with Crippen LogP contribution in [-0.2, 0) is 38.8 Å². The Morgan fingerprint density at radius 2 is 1.66 bits per heavy atom. The molecule has 0 spiro atoms. The van der Waals surface area contributed by atoms with Gasteiger partial charge in [-0.15, -0.1) is 0 Å². The van der Waals surface area contributed by atoms with E-state index in [4.69, 9.17) is 4.74 Å². The van der Waals surface area contributed by atoms with Gasteiger partial charge in [-0.2, -0.15) is 5.10 Å². The predicted octanol–water partition coefficient (Wildman–Crippen LogP) is 3.39. The van der Waals surface area contributed by atoms with Crippen molar-refractivity contribution in [2.24, 2.45) is 0 Å². The average Bonchev–Trinajstić information content (AvgIpc) is 3.88. The number of piperidine rings is 2. The first-order valence-corrected chi connectivity index (χ1v) is 18.7. The lowest BCUT2D eigenvalue weighted by Crippen LogP contribution is -2.54. The molecular weight excluding hydrogens is 716 g/mol. The van der Waals surface area contributed by atoms with Crippen molar-refractivity contribution in [2.45, 2.75) is 63.5 Å². The van der Waals surface area contributed by atoms with Gasteiger partial charge in [-0.1, -0.05) is 36.4 Å². The van der Waals surface area contributed by atoms with Gasteiger partial charge in [-0.05, 0) is 73.8 Å². The zero-order chi connectivity index (χ0) is 39.1. The fourth-order valence-corrected chi connectivity index (χ4v) is 8.17. The molecule has 15 heteroatoms. The van der Waals surface area contributed by atoms with Crippen LogP contribution in [0.4, 0.5) is 11.5 Å². The summed E-state index contributed by atoms with van der Waals surface area (Å²) >= 11 is 0. The van der Waals surface area contributed by atoms with Crippen molar-refractivity contribution in [3.63, 3.8) is 0 Å². The van der Waals surface area contributed by atoms with Crippen LogP contribution in [0, 0.1) is 0 Å². The van der Waals surface area contributed by atoms with Crippen molar-refractivity contribution in [1.82, 2.24) is 30.2 Å². The van der Waals surface area contributed by atoms with Gasteiger partial charge in [0.2, 0.25) is 11.8 Å². The summed E-state index contributed by atoms with van der Waals surface area (Å²) < 4.78 is 5.54. The summed E-state index contributed by atoms with van der Waals surface area (Å²) in [7, 11) is 3.57. The highest BCUT2D eigenvalue weighted by Gasteiger charge is 2.44. The number of ether oxygens (including phenoxy) is 1. The van der Waals surface area contributed by atoms with Crippen molar-refractivity contribution in [1.29, 1.82) is 0 Å². The number of methoxy groups -OCH3 is 1. The van der Waals surface area contributed by atoms with Crippen LogP contribution in [0.15, 0.2) is 72.8 Å². The summed E-state index contributed by atoms with van der Waals surface area (Å²) in [6, 6.07) is 21.4. The molecule has 2 atom stereocenters. The standard InChI is InChI=1S/C41H42N8O7/c1-46(21-24-8-13-29-30(20-24)40(54)49(39(29)53)33-14-15-34(50)42-38(33)52)27-16-18-47(19-17-27)28-11-9-26(10-12-28)37(51)43-36-31-22-48(23-32(31)44-45-36)41(55)35(56-2)25-6-4-3-5-7-25/h3-13,20,27,33,35H,14-19,21-23H2,1-2H3,(H,42,50,52)(H2,43,44,45,51). The van der Waals surface area contributed by atoms with Crippen LogP contribution in [0.1, 0.15) is 85.2 Å². The van der Waals surface area contributed by atoms with Crippen LogP contribution in [0.25, 0.3) is 0 Å². The molecule has 0 bridgehead atoms. The second-order valence-corrected chi connectivity index (χ2v) is 14.7. The predicted molar refractivity (Wildman–Crippen MR) is 203 cm³/mol. The number of nitrogens with zero attached hydrogens (tertiary/aromatic N) is 5. The number of H-pyrrole nitrogens is 1. The molecular formula is C41H42N8O7. The molecule has 6 amide bonds. The molecule has 15 nitrogen and oxygen atoms in total. The van der Waals surface area contributed by atoms with Gasteiger partial charge in [0, 0.05) is 56.0 Å². The van der Waals surface area contributed by atoms with Crippen molar-refractivity contribution < 1.29 is 33.5 Å². The number of anilines is 2. The number of carbonyl (C=O) groups excluding carboxylic acids is 6. The average molecular weight is 759 g/mol.